The van der Waals surface area contributed by atoms with Gasteiger partial charge in [-0.15, -0.1) is 12.4 Å². The average Bonchev–Trinajstić information content (AvgIpc) is 2.69. The first-order chi connectivity index (χ1) is 14.4. The SMILES string of the molecule is CN(C)CCOC(=O)Cc1ccccc1.CN(C)CCOC(=O)Cc1ccccc1.Cl. The van der Waals surface area contributed by atoms with E-state index in [2.05, 4.69) is 0 Å². The standard InChI is InChI=1S/2C12H17NO2.ClH/c2*1-13(2)8-9-15-12(14)10-11-6-4-3-5-7-11;/h2*3-7H,8-10H2,1-2H3;1H. The van der Waals surface area contributed by atoms with E-state index in [0.29, 0.717) is 26.1 Å². The van der Waals surface area contributed by atoms with Gasteiger partial charge in [-0.3, -0.25) is 9.59 Å². The van der Waals surface area contributed by atoms with Gasteiger partial charge in [0.25, 0.3) is 0 Å². The second-order valence-corrected chi connectivity index (χ2v) is 7.37. The van der Waals surface area contributed by atoms with Crippen LogP contribution in [0.2, 0.25) is 0 Å². The van der Waals surface area contributed by atoms with Crippen molar-refractivity contribution >= 4 is 24.3 Å². The number of halogens is 1. The van der Waals surface area contributed by atoms with E-state index in [9.17, 15) is 9.59 Å². The van der Waals surface area contributed by atoms with Crippen molar-refractivity contribution in [3.63, 3.8) is 0 Å². The number of ether oxygens (including phenoxy) is 2. The third-order valence-electron chi connectivity index (χ3n) is 3.99. The number of benzene rings is 2. The van der Waals surface area contributed by atoms with Crippen molar-refractivity contribution in [2.45, 2.75) is 12.8 Å². The lowest BCUT2D eigenvalue weighted by molar-refractivity contribution is -0.144. The van der Waals surface area contributed by atoms with Crippen molar-refractivity contribution in [3.05, 3.63) is 71.8 Å². The van der Waals surface area contributed by atoms with E-state index < -0.39 is 0 Å². The Morgan fingerprint density at radius 2 is 0.968 bits per heavy atom. The first-order valence-electron chi connectivity index (χ1n) is 10.1. The Labute approximate surface area is 192 Å². The molecule has 0 bridgehead atoms. The lowest BCUT2D eigenvalue weighted by atomic mass is 10.2. The fraction of sp³-hybridized carbons (Fsp3) is 0.417. The van der Waals surface area contributed by atoms with Crippen LogP contribution in [-0.2, 0) is 31.9 Å². The average molecular weight is 451 g/mol. The molecule has 0 amide bonds. The second kappa shape index (κ2) is 17.3. The van der Waals surface area contributed by atoms with Gasteiger partial charge in [-0.05, 0) is 39.3 Å². The van der Waals surface area contributed by atoms with Crippen LogP contribution >= 0.6 is 12.4 Å². The van der Waals surface area contributed by atoms with Crippen molar-refractivity contribution in [3.8, 4) is 0 Å². The van der Waals surface area contributed by atoms with Gasteiger partial charge in [-0.1, -0.05) is 60.7 Å². The van der Waals surface area contributed by atoms with Crippen molar-refractivity contribution in [2.75, 3.05) is 54.5 Å². The van der Waals surface area contributed by atoms with Gasteiger partial charge < -0.3 is 19.3 Å². The van der Waals surface area contributed by atoms with E-state index >= 15 is 0 Å². The predicted octanol–water partition coefficient (Wildman–Crippen LogP) is 3.09. The number of hydrogen-bond donors (Lipinski definition) is 0. The van der Waals surface area contributed by atoms with Crippen molar-refractivity contribution in [2.24, 2.45) is 0 Å². The zero-order chi connectivity index (χ0) is 22.2. The molecule has 172 valence electrons. The maximum absolute atomic E-state index is 11.4. The molecule has 0 fully saturated rings. The van der Waals surface area contributed by atoms with E-state index in [1.807, 2.05) is 98.7 Å². The molecule has 0 aliphatic rings. The Hall–Kier alpha value is -2.41. The molecule has 0 heterocycles. The van der Waals surface area contributed by atoms with Gasteiger partial charge >= 0.3 is 11.9 Å². The molecule has 2 aromatic rings. The molecule has 0 saturated heterocycles. The minimum absolute atomic E-state index is 0. The smallest absolute Gasteiger partial charge is 0.310 e. The van der Waals surface area contributed by atoms with E-state index in [0.717, 1.165) is 24.2 Å². The Bertz CT molecular complexity index is 661. The van der Waals surface area contributed by atoms with Gasteiger partial charge in [-0.2, -0.15) is 0 Å². The van der Waals surface area contributed by atoms with Crippen LogP contribution in [0.25, 0.3) is 0 Å². The molecule has 2 rings (SSSR count). The highest BCUT2D eigenvalue weighted by atomic mass is 35.5. The second-order valence-electron chi connectivity index (χ2n) is 7.37. The summed E-state index contributed by atoms with van der Waals surface area (Å²) < 4.78 is 10.2. The van der Waals surface area contributed by atoms with Gasteiger partial charge in [0.2, 0.25) is 0 Å². The van der Waals surface area contributed by atoms with Crippen molar-refractivity contribution in [1.82, 2.24) is 9.80 Å². The highest BCUT2D eigenvalue weighted by molar-refractivity contribution is 5.85. The largest absolute Gasteiger partial charge is 0.464 e. The molecule has 6 nitrogen and oxygen atoms in total. The molecule has 31 heavy (non-hydrogen) atoms. The van der Waals surface area contributed by atoms with Crippen LogP contribution in [0.5, 0.6) is 0 Å². The van der Waals surface area contributed by atoms with Crippen LogP contribution in [0.3, 0.4) is 0 Å². The number of likely N-dealkylation sites (N-methyl/N-ethyl adjacent to an activating group) is 2. The highest BCUT2D eigenvalue weighted by Crippen LogP contribution is 2.01. The normalized spacial score (nSPS) is 10.0. The summed E-state index contributed by atoms with van der Waals surface area (Å²) in [6, 6.07) is 19.2. The zero-order valence-corrected chi connectivity index (χ0v) is 19.8. The quantitative estimate of drug-likeness (QED) is 0.518. The lowest BCUT2D eigenvalue weighted by Crippen LogP contribution is -2.20. The molecule has 0 spiro atoms. The summed E-state index contributed by atoms with van der Waals surface area (Å²) in [6.45, 7) is 2.44. The van der Waals surface area contributed by atoms with Gasteiger partial charge in [-0.25, -0.2) is 0 Å². The van der Waals surface area contributed by atoms with Crippen LogP contribution in [-0.4, -0.2) is 76.2 Å². The van der Waals surface area contributed by atoms with Crippen LogP contribution in [0.15, 0.2) is 60.7 Å². The summed E-state index contributed by atoms with van der Waals surface area (Å²) in [5.41, 5.74) is 1.99. The summed E-state index contributed by atoms with van der Waals surface area (Å²) in [5, 5.41) is 0. The maximum Gasteiger partial charge on any atom is 0.310 e. The highest BCUT2D eigenvalue weighted by Gasteiger charge is 2.04. The number of nitrogens with zero attached hydrogens (tertiary/aromatic N) is 2. The summed E-state index contributed by atoms with van der Waals surface area (Å²) in [4.78, 5) is 26.7. The number of hydrogen-bond acceptors (Lipinski definition) is 6. The monoisotopic (exact) mass is 450 g/mol. The van der Waals surface area contributed by atoms with Crippen molar-refractivity contribution < 1.29 is 19.1 Å². The van der Waals surface area contributed by atoms with Gasteiger partial charge in [0.15, 0.2) is 0 Å². The summed E-state index contributed by atoms with van der Waals surface area (Å²) in [5.74, 6) is -0.328. The van der Waals surface area contributed by atoms with Crippen LogP contribution in [0.4, 0.5) is 0 Å². The topological polar surface area (TPSA) is 59.1 Å². The third-order valence-corrected chi connectivity index (χ3v) is 3.99. The molecule has 0 aliphatic heterocycles. The summed E-state index contributed by atoms with van der Waals surface area (Å²) in [6.07, 6.45) is 0.711. The Kier molecular flexibility index (Phi) is 15.9. The van der Waals surface area contributed by atoms with E-state index in [-0.39, 0.29) is 24.3 Å². The Balaban J connectivity index is 0.000000562. The van der Waals surface area contributed by atoms with E-state index in [1.54, 1.807) is 0 Å². The van der Waals surface area contributed by atoms with Crippen LogP contribution in [0.1, 0.15) is 11.1 Å². The fourth-order valence-corrected chi connectivity index (χ4v) is 2.31. The van der Waals surface area contributed by atoms with Crippen LogP contribution < -0.4 is 0 Å². The molecule has 0 N–H and O–H groups in total. The van der Waals surface area contributed by atoms with Gasteiger partial charge in [0, 0.05) is 13.1 Å². The molecule has 7 heteroatoms. The molecule has 0 atom stereocenters. The molecule has 0 unspecified atom stereocenters. The predicted molar refractivity (Wildman–Crippen MR) is 127 cm³/mol. The first kappa shape index (κ1) is 28.6. The van der Waals surface area contributed by atoms with E-state index in [4.69, 9.17) is 9.47 Å². The molecule has 0 aromatic heterocycles. The molecular formula is C24H35ClN2O4. The summed E-state index contributed by atoms with van der Waals surface area (Å²) in [7, 11) is 7.80. The maximum atomic E-state index is 11.4. The molecule has 0 aliphatic carbocycles. The van der Waals surface area contributed by atoms with Crippen molar-refractivity contribution in [1.29, 1.82) is 0 Å². The number of carbonyl (C=O) groups is 2. The zero-order valence-electron chi connectivity index (χ0n) is 19.0. The first-order valence-corrected chi connectivity index (χ1v) is 10.1. The lowest BCUT2D eigenvalue weighted by Gasteiger charge is -2.09. The van der Waals surface area contributed by atoms with Gasteiger partial charge in [0.05, 0.1) is 12.8 Å². The number of esters is 2. The minimum Gasteiger partial charge on any atom is -0.464 e. The number of rotatable bonds is 10. The minimum atomic E-state index is -0.164. The third kappa shape index (κ3) is 16.0. The van der Waals surface area contributed by atoms with Crippen LogP contribution in [0, 0.1) is 0 Å². The number of carbonyl (C=O) groups excluding carboxylic acids is 2. The molecule has 2 aromatic carbocycles. The Morgan fingerprint density at radius 3 is 1.26 bits per heavy atom. The Morgan fingerprint density at radius 1 is 0.645 bits per heavy atom. The molecule has 0 saturated carbocycles. The van der Waals surface area contributed by atoms with E-state index in [1.165, 1.54) is 0 Å². The summed E-state index contributed by atoms with van der Waals surface area (Å²) >= 11 is 0. The molecular weight excluding hydrogens is 416 g/mol. The van der Waals surface area contributed by atoms with Gasteiger partial charge in [0.1, 0.15) is 13.2 Å². The molecule has 0 radical (unpaired) electrons. The fourth-order valence-electron chi connectivity index (χ4n) is 2.31.